The van der Waals surface area contributed by atoms with Gasteiger partial charge < -0.3 is 10.8 Å². The van der Waals surface area contributed by atoms with Crippen molar-refractivity contribution in [3.05, 3.63) is 24.0 Å². The van der Waals surface area contributed by atoms with Gasteiger partial charge in [0.05, 0.1) is 18.3 Å². The molecule has 0 bridgehead atoms. The fraction of sp³-hybridized carbons (Fsp3) is 0.444. The molecule has 1 atom stereocenters. The number of hydrogen-bond donors (Lipinski definition) is 2. The number of hydrogen-bond acceptors (Lipinski definition) is 4. The summed E-state index contributed by atoms with van der Waals surface area (Å²) in [6.45, 7) is 2.03. The second kappa shape index (κ2) is 7.06. The van der Waals surface area contributed by atoms with Crippen LogP contribution in [0.15, 0.2) is 23.2 Å². The van der Waals surface area contributed by atoms with E-state index in [9.17, 15) is 0 Å². The van der Waals surface area contributed by atoms with Crippen molar-refractivity contribution in [1.82, 2.24) is 4.98 Å². The van der Waals surface area contributed by atoms with Gasteiger partial charge in [-0.3, -0.25) is 4.98 Å². The monoisotopic (exact) mass is 234 g/mol. The molecular weight excluding hydrogens is 220 g/mol. The molecule has 1 aromatic rings. The lowest BCUT2D eigenvalue weighted by Gasteiger charge is -2.07. The van der Waals surface area contributed by atoms with Crippen molar-refractivity contribution in [3.8, 4) is 0 Å². The van der Waals surface area contributed by atoms with E-state index in [-0.39, 0.29) is 25.1 Å². The molecule has 0 aliphatic rings. The molecule has 0 fully saturated rings. The van der Waals surface area contributed by atoms with Gasteiger partial charge in [0, 0.05) is 11.1 Å². The zero-order valence-electron chi connectivity index (χ0n) is 8.01. The standard InChI is InChI=1S/C9H14N2OS.ClH/c1-2-13-7-3-4-9(11-5-7)8(10)6-12;/h3-5,8,12H,2,6,10H2,1H3;1H/t8-;/m0./s1. The van der Waals surface area contributed by atoms with E-state index in [1.54, 1.807) is 18.0 Å². The Morgan fingerprint density at radius 3 is 2.71 bits per heavy atom. The van der Waals surface area contributed by atoms with Crippen molar-refractivity contribution in [3.63, 3.8) is 0 Å². The van der Waals surface area contributed by atoms with Crippen molar-refractivity contribution in [2.24, 2.45) is 5.73 Å². The van der Waals surface area contributed by atoms with Gasteiger partial charge in [0.15, 0.2) is 0 Å². The first kappa shape index (κ1) is 13.7. The van der Waals surface area contributed by atoms with Crippen LogP contribution in [-0.4, -0.2) is 22.5 Å². The third-order valence-electron chi connectivity index (χ3n) is 1.65. The summed E-state index contributed by atoms with van der Waals surface area (Å²) in [5.41, 5.74) is 6.34. The van der Waals surface area contributed by atoms with Crippen LogP contribution in [0.4, 0.5) is 0 Å². The van der Waals surface area contributed by atoms with Crippen LogP contribution in [0.3, 0.4) is 0 Å². The Morgan fingerprint density at radius 2 is 2.29 bits per heavy atom. The molecule has 0 amide bonds. The largest absolute Gasteiger partial charge is 0.394 e. The summed E-state index contributed by atoms with van der Waals surface area (Å²) in [6.07, 6.45) is 1.79. The molecule has 80 valence electrons. The minimum Gasteiger partial charge on any atom is -0.394 e. The van der Waals surface area contributed by atoms with Gasteiger partial charge >= 0.3 is 0 Å². The number of aromatic nitrogens is 1. The first-order valence-corrected chi connectivity index (χ1v) is 5.21. The Bertz CT molecular complexity index is 255. The van der Waals surface area contributed by atoms with Gasteiger partial charge in [-0.05, 0) is 17.9 Å². The lowest BCUT2D eigenvalue weighted by atomic mass is 10.2. The topological polar surface area (TPSA) is 59.1 Å². The Hall–Kier alpha value is -0.290. The summed E-state index contributed by atoms with van der Waals surface area (Å²) in [5.74, 6) is 1.03. The van der Waals surface area contributed by atoms with E-state index in [0.29, 0.717) is 0 Å². The summed E-state index contributed by atoms with van der Waals surface area (Å²) in [6, 6.07) is 3.48. The van der Waals surface area contributed by atoms with Gasteiger partial charge in [-0.25, -0.2) is 0 Å². The molecular formula is C9H15ClN2OS. The molecule has 0 aliphatic heterocycles. The quantitative estimate of drug-likeness (QED) is 0.778. The molecule has 0 saturated carbocycles. The average Bonchev–Trinajstić information content (AvgIpc) is 2.18. The summed E-state index contributed by atoms with van der Waals surface area (Å²) in [7, 11) is 0. The van der Waals surface area contributed by atoms with E-state index < -0.39 is 0 Å². The fourth-order valence-electron chi connectivity index (χ4n) is 0.957. The number of nitrogens with zero attached hydrogens (tertiary/aromatic N) is 1. The first-order valence-electron chi connectivity index (χ1n) is 4.23. The molecule has 0 spiro atoms. The number of thioether (sulfide) groups is 1. The minimum atomic E-state index is -0.360. The normalized spacial score (nSPS) is 11.9. The smallest absolute Gasteiger partial charge is 0.0704 e. The highest BCUT2D eigenvalue weighted by molar-refractivity contribution is 7.99. The molecule has 0 aliphatic carbocycles. The third kappa shape index (κ3) is 3.84. The number of pyridine rings is 1. The van der Waals surface area contributed by atoms with E-state index in [0.717, 1.165) is 16.3 Å². The lowest BCUT2D eigenvalue weighted by Crippen LogP contribution is -2.15. The molecule has 5 heteroatoms. The highest BCUT2D eigenvalue weighted by Gasteiger charge is 2.04. The zero-order valence-corrected chi connectivity index (χ0v) is 9.64. The van der Waals surface area contributed by atoms with Gasteiger partial charge in [0.1, 0.15) is 0 Å². The fourth-order valence-corrected chi connectivity index (χ4v) is 1.58. The predicted molar refractivity (Wildman–Crippen MR) is 61.9 cm³/mol. The maximum absolute atomic E-state index is 8.79. The van der Waals surface area contributed by atoms with Crippen LogP contribution >= 0.6 is 24.2 Å². The molecule has 0 aromatic carbocycles. The van der Waals surface area contributed by atoms with E-state index in [4.69, 9.17) is 10.8 Å². The molecule has 0 saturated heterocycles. The van der Waals surface area contributed by atoms with Crippen LogP contribution in [0.1, 0.15) is 18.7 Å². The summed E-state index contributed by atoms with van der Waals surface area (Å²) in [5, 5.41) is 8.79. The zero-order chi connectivity index (χ0) is 9.68. The molecule has 1 aromatic heterocycles. The molecule has 3 N–H and O–H groups in total. The van der Waals surface area contributed by atoms with Crippen LogP contribution in [0, 0.1) is 0 Å². The maximum Gasteiger partial charge on any atom is 0.0704 e. The second-order valence-corrected chi connectivity index (χ2v) is 3.98. The van der Waals surface area contributed by atoms with Crippen LogP contribution in [0.5, 0.6) is 0 Å². The maximum atomic E-state index is 8.79. The van der Waals surface area contributed by atoms with Crippen molar-refractivity contribution >= 4 is 24.2 Å². The van der Waals surface area contributed by atoms with Gasteiger partial charge in [-0.1, -0.05) is 6.92 Å². The highest BCUT2D eigenvalue weighted by Crippen LogP contribution is 2.17. The number of aliphatic hydroxyl groups excluding tert-OH is 1. The van der Waals surface area contributed by atoms with Gasteiger partial charge in [0.2, 0.25) is 0 Å². The molecule has 0 unspecified atom stereocenters. The van der Waals surface area contributed by atoms with Crippen LogP contribution in [-0.2, 0) is 0 Å². The SMILES string of the molecule is CCSc1ccc([C@@H](N)CO)nc1.Cl. The van der Waals surface area contributed by atoms with Crippen molar-refractivity contribution in [2.75, 3.05) is 12.4 Å². The van der Waals surface area contributed by atoms with Crippen molar-refractivity contribution in [1.29, 1.82) is 0 Å². The second-order valence-electron chi connectivity index (χ2n) is 2.64. The number of nitrogens with two attached hydrogens (primary N) is 1. The molecule has 14 heavy (non-hydrogen) atoms. The summed E-state index contributed by atoms with van der Waals surface area (Å²) >= 11 is 1.74. The van der Waals surface area contributed by atoms with Gasteiger partial charge in [-0.2, -0.15) is 0 Å². The van der Waals surface area contributed by atoms with Crippen LogP contribution < -0.4 is 5.73 Å². The van der Waals surface area contributed by atoms with E-state index >= 15 is 0 Å². The van der Waals surface area contributed by atoms with E-state index in [1.807, 2.05) is 12.1 Å². The number of aliphatic hydroxyl groups is 1. The molecule has 1 rings (SSSR count). The summed E-state index contributed by atoms with van der Waals surface area (Å²) < 4.78 is 0. The summed E-state index contributed by atoms with van der Waals surface area (Å²) in [4.78, 5) is 5.30. The Morgan fingerprint density at radius 1 is 1.57 bits per heavy atom. The average molecular weight is 235 g/mol. The Labute approximate surface area is 94.5 Å². The first-order chi connectivity index (χ1) is 6.27. The third-order valence-corrected chi connectivity index (χ3v) is 2.51. The lowest BCUT2D eigenvalue weighted by molar-refractivity contribution is 0.266. The van der Waals surface area contributed by atoms with Crippen LogP contribution in [0.25, 0.3) is 0 Å². The van der Waals surface area contributed by atoms with Crippen molar-refractivity contribution < 1.29 is 5.11 Å². The van der Waals surface area contributed by atoms with Gasteiger partial charge in [0.25, 0.3) is 0 Å². The number of rotatable bonds is 4. The molecule has 3 nitrogen and oxygen atoms in total. The van der Waals surface area contributed by atoms with Crippen LogP contribution in [0.2, 0.25) is 0 Å². The number of halogens is 1. The highest BCUT2D eigenvalue weighted by atomic mass is 35.5. The molecule has 0 radical (unpaired) electrons. The van der Waals surface area contributed by atoms with Crippen molar-refractivity contribution in [2.45, 2.75) is 17.9 Å². The Kier molecular flexibility index (Phi) is 6.92. The van der Waals surface area contributed by atoms with Gasteiger partial charge in [-0.15, -0.1) is 24.2 Å². The van der Waals surface area contributed by atoms with E-state index in [2.05, 4.69) is 11.9 Å². The predicted octanol–water partition coefficient (Wildman–Crippen LogP) is 1.61. The Balaban J connectivity index is 0.00000169. The van der Waals surface area contributed by atoms with E-state index in [1.165, 1.54) is 0 Å². The minimum absolute atomic E-state index is 0. The molecule has 1 heterocycles.